The van der Waals surface area contributed by atoms with E-state index >= 15 is 0 Å². The van der Waals surface area contributed by atoms with Gasteiger partial charge in [-0.05, 0) is 12.8 Å². The van der Waals surface area contributed by atoms with E-state index in [9.17, 15) is 14.4 Å². The van der Waals surface area contributed by atoms with Crippen molar-refractivity contribution in [2.75, 3.05) is 0 Å². The lowest BCUT2D eigenvalue weighted by atomic mass is 10.1. The molecule has 1 aliphatic heterocycles. The Kier molecular flexibility index (Phi) is 3.49. The Balaban J connectivity index is 2.19. The summed E-state index contributed by atoms with van der Waals surface area (Å²) >= 11 is 0. The van der Waals surface area contributed by atoms with Crippen LogP contribution in [-0.2, 0) is 33.3 Å². The molecule has 2 rings (SSSR count). The third kappa shape index (κ3) is 2.86. The summed E-state index contributed by atoms with van der Waals surface area (Å²) in [6.45, 7) is 3.72. The lowest BCUT2D eigenvalue weighted by Gasteiger charge is -2.22. The summed E-state index contributed by atoms with van der Waals surface area (Å²) in [4.78, 5) is 33.3. The number of esters is 3. The van der Waals surface area contributed by atoms with E-state index in [0.29, 0.717) is 12.8 Å². The summed E-state index contributed by atoms with van der Waals surface area (Å²) < 4.78 is 20.9. The van der Waals surface area contributed by atoms with Gasteiger partial charge >= 0.3 is 17.9 Å². The minimum atomic E-state index is -1.03. The fraction of sp³-hybridized carbons (Fsp3) is 0.750. The summed E-state index contributed by atoms with van der Waals surface area (Å²) in [6.07, 6.45) is -1.36. The molecule has 3 atom stereocenters. The summed E-state index contributed by atoms with van der Waals surface area (Å²) in [5.74, 6) is -1.61. The molecular formula is C12H16O7. The number of rotatable bonds is 3. The van der Waals surface area contributed by atoms with Gasteiger partial charge in [0.05, 0.1) is 0 Å². The Labute approximate surface area is 110 Å². The van der Waals surface area contributed by atoms with E-state index in [1.165, 1.54) is 20.8 Å². The Hall–Kier alpha value is -1.63. The van der Waals surface area contributed by atoms with Crippen LogP contribution in [0.5, 0.6) is 0 Å². The normalized spacial score (nSPS) is 30.8. The van der Waals surface area contributed by atoms with Crippen LogP contribution < -0.4 is 0 Å². The van der Waals surface area contributed by atoms with Crippen molar-refractivity contribution in [1.29, 1.82) is 0 Å². The van der Waals surface area contributed by atoms with Gasteiger partial charge in [0.15, 0.2) is 6.10 Å². The third-order valence-corrected chi connectivity index (χ3v) is 3.06. The van der Waals surface area contributed by atoms with E-state index in [1.54, 1.807) is 0 Å². The molecule has 7 heteroatoms. The highest BCUT2D eigenvalue weighted by molar-refractivity contribution is 5.68. The molecule has 3 unspecified atom stereocenters. The topological polar surface area (TPSA) is 88.1 Å². The summed E-state index contributed by atoms with van der Waals surface area (Å²) in [5.41, 5.74) is -0.689. The van der Waals surface area contributed by atoms with Gasteiger partial charge in [-0.1, -0.05) is 0 Å². The molecule has 106 valence electrons. The van der Waals surface area contributed by atoms with Gasteiger partial charge in [0, 0.05) is 20.8 Å². The van der Waals surface area contributed by atoms with Crippen LogP contribution in [0.3, 0.4) is 0 Å². The van der Waals surface area contributed by atoms with Crippen LogP contribution in [0.1, 0.15) is 33.6 Å². The van der Waals surface area contributed by atoms with Crippen LogP contribution in [0, 0.1) is 0 Å². The zero-order chi connectivity index (χ0) is 14.2. The van der Waals surface area contributed by atoms with Crippen LogP contribution in [0.4, 0.5) is 0 Å². The molecule has 0 radical (unpaired) electrons. The van der Waals surface area contributed by atoms with Crippen molar-refractivity contribution in [1.82, 2.24) is 0 Å². The van der Waals surface area contributed by atoms with Gasteiger partial charge in [0.1, 0.15) is 5.60 Å². The second kappa shape index (κ2) is 4.80. The first-order valence-electron chi connectivity index (χ1n) is 6.03. The molecule has 0 amide bonds. The molecule has 1 spiro atoms. The SMILES string of the molecule is CC(=O)OC1OC2(CC2)C(OC(C)=O)C1OC(C)=O. The van der Waals surface area contributed by atoms with E-state index in [-0.39, 0.29) is 0 Å². The van der Waals surface area contributed by atoms with Crippen LogP contribution in [0.15, 0.2) is 0 Å². The van der Waals surface area contributed by atoms with Gasteiger partial charge in [-0.3, -0.25) is 14.4 Å². The van der Waals surface area contributed by atoms with Crippen LogP contribution in [0.2, 0.25) is 0 Å². The molecular weight excluding hydrogens is 256 g/mol. The Morgan fingerprint density at radius 3 is 1.89 bits per heavy atom. The van der Waals surface area contributed by atoms with Crippen molar-refractivity contribution in [2.24, 2.45) is 0 Å². The van der Waals surface area contributed by atoms with Gasteiger partial charge < -0.3 is 18.9 Å². The summed E-state index contributed by atoms with van der Waals surface area (Å²) in [7, 11) is 0. The predicted molar refractivity (Wildman–Crippen MR) is 59.7 cm³/mol. The lowest BCUT2D eigenvalue weighted by Crippen LogP contribution is -2.41. The predicted octanol–water partition coefficient (Wildman–Crippen LogP) is 0.302. The third-order valence-electron chi connectivity index (χ3n) is 3.06. The zero-order valence-corrected chi connectivity index (χ0v) is 11.0. The summed E-state index contributed by atoms with van der Waals surface area (Å²) in [6, 6.07) is 0. The molecule has 1 heterocycles. The number of carbonyl (C=O) groups excluding carboxylic acids is 3. The monoisotopic (exact) mass is 272 g/mol. The lowest BCUT2D eigenvalue weighted by molar-refractivity contribution is -0.196. The highest BCUT2D eigenvalue weighted by atomic mass is 16.8. The average Bonchev–Trinajstić information content (AvgIpc) is 2.96. The maximum atomic E-state index is 11.1. The standard InChI is InChI=1S/C12H16O7/c1-6(13)16-9-10(17-7(2)14)12(4-5-12)19-11(9)18-8(3)15/h9-11H,4-5H2,1-3H3. The van der Waals surface area contributed by atoms with Crippen molar-refractivity contribution in [2.45, 2.75) is 57.7 Å². The molecule has 2 fully saturated rings. The van der Waals surface area contributed by atoms with E-state index in [1.807, 2.05) is 0 Å². The first-order valence-corrected chi connectivity index (χ1v) is 6.03. The van der Waals surface area contributed by atoms with Crippen molar-refractivity contribution in [3.8, 4) is 0 Å². The fourth-order valence-electron chi connectivity index (χ4n) is 2.25. The van der Waals surface area contributed by atoms with E-state index in [2.05, 4.69) is 0 Å². The molecule has 0 aromatic heterocycles. The van der Waals surface area contributed by atoms with E-state index < -0.39 is 42.0 Å². The maximum absolute atomic E-state index is 11.1. The maximum Gasteiger partial charge on any atom is 0.305 e. The second-order valence-corrected chi connectivity index (χ2v) is 4.76. The number of hydrogen-bond acceptors (Lipinski definition) is 7. The second-order valence-electron chi connectivity index (χ2n) is 4.76. The number of ether oxygens (including phenoxy) is 4. The van der Waals surface area contributed by atoms with Gasteiger partial charge in [-0.15, -0.1) is 0 Å². The molecule has 2 aliphatic rings. The van der Waals surface area contributed by atoms with Crippen LogP contribution in [0.25, 0.3) is 0 Å². The minimum absolute atomic E-state index is 0.500. The Morgan fingerprint density at radius 2 is 1.47 bits per heavy atom. The molecule has 0 N–H and O–H groups in total. The van der Waals surface area contributed by atoms with Crippen molar-refractivity contribution >= 4 is 17.9 Å². The Bertz CT molecular complexity index is 412. The minimum Gasteiger partial charge on any atom is -0.455 e. The summed E-state index contributed by atoms with van der Waals surface area (Å²) in [5, 5.41) is 0. The van der Waals surface area contributed by atoms with Crippen LogP contribution >= 0.6 is 0 Å². The molecule has 0 bridgehead atoms. The zero-order valence-electron chi connectivity index (χ0n) is 11.0. The van der Waals surface area contributed by atoms with Gasteiger partial charge in [-0.25, -0.2) is 0 Å². The molecule has 0 aromatic rings. The van der Waals surface area contributed by atoms with Crippen molar-refractivity contribution < 1.29 is 33.3 Å². The highest BCUT2D eigenvalue weighted by Gasteiger charge is 2.66. The van der Waals surface area contributed by atoms with E-state index in [0.717, 1.165) is 0 Å². The first-order chi connectivity index (χ1) is 8.84. The Morgan fingerprint density at radius 1 is 0.947 bits per heavy atom. The molecule has 1 saturated heterocycles. The smallest absolute Gasteiger partial charge is 0.305 e. The highest BCUT2D eigenvalue weighted by Crippen LogP contribution is 2.52. The van der Waals surface area contributed by atoms with Gasteiger partial charge in [0.2, 0.25) is 12.4 Å². The van der Waals surface area contributed by atoms with Gasteiger partial charge in [0.25, 0.3) is 0 Å². The molecule has 19 heavy (non-hydrogen) atoms. The fourth-order valence-corrected chi connectivity index (χ4v) is 2.25. The number of carbonyl (C=O) groups is 3. The van der Waals surface area contributed by atoms with Gasteiger partial charge in [-0.2, -0.15) is 0 Å². The van der Waals surface area contributed by atoms with Crippen molar-refractivity contribution in [3.63, 3.8) is 0 Å². The molecule has 0 aromatic carbocycles. The van der Waals surface area contributed by atoms with Crippen LogP contribution in [-0.4, -0.2) is 42.0 Å². The molecule has 1 saturated carbocycles. The quantitative estimate of drug-likeness (QED) is 0.539. The first kappa shape index (κ1) is 13.8. The van der Waals surface area contributed by atoms with E-state index in [4.69, 9.17) is 18.9 Å². The number of hydrogen-bond donors (Lipinski definition) is 0. The molecule has 1 aliphatic carbocycles. The van der Waals surface area contributed by atoms with Crippen molar-refractivity contribution in [3.05, 3.63) is 0 Å². The largest absolute Gasteiger partial charge is 0.455 e. The molecule has 7 nitrogen and oxygen atoms in total. The average molecular weight is 272 g/mol.